The molecule has 158 valence electrons. The van der Waals surface area contributed by atoms with Crippen LogP contribution >= 0.6 is 0 Å². The molecule has 5 rings (SSSR count). The lowest BCUT2D eigenvalue weighted by Crippen LogP contribution is -2.32. The number of allylic oxidation sites excluding steroid dienone is 1. The van der Waals surface area contributed by atoms with Crippen LogP contribution in [0.1, 0.15) is 39.6 Å². The number of hydrogen-bond donors (Lipinski definition) is 1. The number of nitrogens with one attached hydrogen (secondary N) is 1. The molecule has 2 heterocycles. The van der Waals surface area contributed by atoms with Gasteiger partial charge in [-0.3, -0.25) is 4.79 Å². The van der Waals surface area contributed by atoms with Crippen molar-refractivity contribution in [2.45, 2.75) is 32.2 Å². The Labute approximate surface area is 179 Å². The SMILES string of the molecule is Cc1nn(-c2ccc(F)cc2)c(C)c1[C@H]1C=C[C@@H](NC(=O)c2ccc3c(c2)OCO3)C1. The number of aryl methyl sites for hydroxylation is 1. The van der Waals surface area contributed by atoms with Crippen molar-refractivity contribution in [2.75, 3.05) is 6.79 Å². The number of halogens is 1. The molecule has 0 bridgehead atoms. The number of carbonyl (C=O) groups excluding carboxylic acids is 1. The van der Waals surface area contributed by atoms with Gasteiger partial charge in [-0.2, -0.15) is 5.10 Å². The van der Waals surface area contributed by atoms with Crippen LogP contribution in [0.5, 0.6) is 11.5 Å². The zero-order valence-electron chi connectivity index (χ0n) is 17.3. The molecule has 0 saturated heterocycles. The Morgan fingerprint density at radius 1 is 1.10 bits per heavy atom. The highest BCUT2D eigenvalue weighted by atomic mass is 19.1. The average Bonchev–Trinajstić information content (AvgIpc) is 3.47. The molecule has 0 spiro atoms. The first-order valence-electron chi connectivity index (χ1n) is 10.2. The van der Waals surface area contributed by atoms with Crippen molar-refractivity contribution < 1.29 is 18.7 Å². The first-order chi connectivity index (χ1) is 15.0. The van der Waals surface area contributed by atoms with E-state index < -0.39 is 0 Å². The van der Waals surface area contributed by atoms with Crippen LogP contribution in [0.2, 0.25) is 0 Å². The zero-order chi connectivity index (χ0) is 21.5. The summed E-state index contributed by atoms with van der Waals surface area (Å²) in [6, 6.07) is 11.4. The number of fused-ring (bicyclic) bond motifs is 1. The second-order valence-corrected chi connectivity index (χ2v) is 7.85. The Bertz CT molecular complexity index is 1180. The van der Waals surface area contributed by atoms with Gasteiger partial charge in [0, 0.05) is 28.8 Å². The number of benzene rings is 2. The van der Waals surface area contributed by atoms with Gasteiger partial charge in [-0.1, -0.05) is 12.2 Å². The van der Waals surface area contributed by atoms with Gasteiger partial charge < -0.3 is 14.8 Å². The topological polar surface area (TPSA) is 65.4 Å². The van der Waals surface area contributed by atoms with Crippen LogP contribution in [0, 0.1) is 19.7 Å². The van der Waals surface area contributed by atoms with Crippen LogP contribution in [0.4, 0.5) is 4.39 Å². The first-order valence-corrected chi connectivity index (χ1v) is 10.2. The van der Waals surface area contributed by atoms with Gasteiger partial charge >= 0.3 is 0 Å². The quantitative estimate of drug-likeness (QED) is 0.644. The minimum absolute atomic E-state index is 0.0732. The summed E-state index contributed by atoms with van der Waals surface area (Å²) >= 11 is 0. The normalized spacial score (nSPS) is 19.1. The maximum Gasteiger partial charge on any atom is 0.251 e. The third-order valence-corrected chi connectivity index (χ3v) is 5.82. The number of hydrogen-bond acceptors (Lipinski definition) is 4. The third-order valence-electron chi connectivity index (χ3n) is 5.82. The maximum absolute atomic E-state index is 13.3. The Morgan fingerprint density at radius 2 is 1.87 bits per heavy atom. The molecule has 1 amide bonds. The molecule has 2 aliphatic rings. The molecule has 1 aliphatic heterocycles. The smallest absolute Gasteiger partial charge is 0.251 e. The number of aromatic nitrogens is 2. The lowest BCUT2D eigenvalue weighted by Gasteiger charge is -2.15. The van der Waals surface area contributed by atoms with E-state index >= 15 is 0 Å². The average molecular weight is 419 g/mol. The van der Waals surface area contributed by atoms with E-state index in [1.165, 1.54) is 12.1 Å². The molecule has 3 aromatic rings. The highest BCUT2D eigenvalue weighted by molar-refractivity contribution is 5.95. The molecule has 7 heteroatoms. The van der Waals surface area contributed by atoms with Gasteiger partial charge in [-0.05, 0) is 62.7 Å². The van der Waals surface area contributed by atoms with Crippen molar-refractivity contribution in [3.8, 4) is 17.2 Å². The van der Waals surface area contributed by atoms with E-state index in [1.807, 2.05) is 24.6 Å². The maximum atomic E-state index is 13.3. The molecule has 0 fully saturated rings. The van der Waals surface area contributed by atoms with Gasteiger partial charge in [0.1, 0.15) is 5.82 Å². The van der Waals surface area contributed by atoms with E-state index in [9.17, 15) is 9.18 Å². The second-order valence-electron chi connectivity index (χ2n) is 7.85. The second kappa shape index (κ2) is 7.58. The molecule has 0 saturated carbocycles. The highest BCUT2D eigenvalue weighted by Gasteiger charge is 2.27. The van der Waals surface area contributed by atoms with Crippen molar-refractivity contribution in [2.24, 2.45) is 0 Å². The summed E-state index contributed by atoms with van der Waals surface area (Å²) < 4.78 is 25.8. The Morgan fingerprint density at radius 3 is 2.68 bits per heavy atom. The Balaban J connectivity index is 1.30. The summed E-state index contributed by atoms with van der Waals surface area (Å²) in [5.41, 5.74) is 4.45. The molecule has 1 aliphatic carbocycles. The molecular formula is C24H22FN3O3. The summed E-state index contributed by atoms with van der Waals surface area (Å²) in [7, 11) is 0. The molecule has 1 N–H and O–H groups in total. The lowest BCUT2D eigenvalue weighted by atomic mass is 9.96. The fourth-order valence-electron chi connectivity index (χ4n) is 4.33. The molecular weight excluding hydrogens is 397 g/mol. The Kier molecular flexibility index (Phi) is 4.73. The number of amides is 1. The monoisotopic (exact) mass is 419 g/mol. The van der Waals surface area contributed by atoms with E-state index in [0.717, 1.165) is 29.1 Å². The number of ether oxygens (including phenoxy) is 2. The summed E-state index contributed by atoms with van der Waals surface area (Å²) in [5, 5.41) is 7.75. The van der Waals surface area contributed by atoms with E-state index in [2.05, 4.69) is 16.5 Å². The van der Waals surface area contributed by atoms with Gasteiger partial charge in [0.15, 0.2) is 11.5 Å². The van der Waals surface area contributed by atoms with Gasteiger partial charge in [0.25, 0.3) is 5.91 Å². The van der Waals surface area contributed by atoms with Crippen LogP contribution in [0.15, 0.2) is 54.6 Å². The Hall–Kier alpha value is -3.61. The molecule has 2 atom stereocenters. The fraction of sp³-hybridized carbons (Fsp3) is 0.250. The van der Waals surface area contributed by atoms with Crippen molar-refractivity contribution in [1.29, 1.82) is 0 Å². The van der Waals surface area contributed by atoms with Crippen LogP contribution in [0.25, 0.3) is 5.69 Å². The summed E-state index contributed by atoms with van der Waals surface area (Å²) in [6.45, 7) is 4.18. The predicted molar refractivity (Wildman–Crippen MR) is 113 cm³/mol. The van der Waals surface area contributed by atoms with Gasteiger partial charge in [-0.25, -0.2) is 9.07 Å². The predicted octanol–water partition coefficient (Wildman–Crippen LogP) is 4.20. The van der Waals surface area contributed by atoms with Crippen molar-refractivity contribution >= 4 is 5.91 Å². The first kappa shape index (κ1) is 19.4. The number of nitrogens with zero attached hydrogens (tertiary/aromatic N) is 2. The van der Waals surface area contributed by atoms with Crippen LogP contribution in [-0.2, 0) is 0 Å². The third kappa shape index (κ3) is 3.56. The van der Waals surface area contributed by atoms with E-state index in [1.54, 1.807) is 30.3 Å². The summed E-state index contributed by atoms with van der Waals surface area (Å²) in [5.74, 6) is 0.971. The van der Waals surface area contributed by atoms with Gasteiger partial charge in [0.2, 0.25) is 6.79 Å². The zero-order valence-corrected chi connectivity index (χ0v) is 17.3. The van der Waals surface area contributed by atoms with E-state index in [4.69, 9.17) is 9.47 Å². The van der Waals surface area contributed by atoms with Crippen molar-refractivity contribution in [3.63, 3.8) is 0 Å². The van der Waals surface area contributed by atoms with Crippen LogP contribution < -0.4 is 14.8 Å². The minimum atomic E-state index is -0.273. The standard InChI is InChI=1S/C24H22FN3O3/c1-14-23(15(2)28(27-14)20-8-5-18(25)6-9-20)16-3-7-19(11-16)26-24(29)17-4-10-21-22(12-17)31-13-30-21/h3-10,12,16,19H,11,13H2,1-2H3,(H,26,29)/t16-,19+/m0/s1. The summed E-state index contributed by atoms with van der Waals surface area (Å²) in [6.07, 6.45) is 4.91. The highest BCUT2D eigenvalue weighted by Crippen LogP contribution is 2.35. The molecule has 1 aromatic heterocycles. The number of carbonyl (C=O) groups is 1. The van der Waals surface area contributed by atoms with Crippen LogP contribution in [-0.4, -0.2) is 28.5 Å². The minimum Gasteiger partial charge on any atom is -0.454 e. The molecule has 6 nitrogen and oxygen atoms in total. The van der Waals surface area contributed by atoms with Gasteiger partial charge in [-0.15, -0.1) is 0 Å². The molecule has 2 aromatic carbocycles. The lowest BCUT2D eigenvalue weighted by molar-refractivity contribution is 0.0943. The van der Waals surface area contributed by atoms with Crippen LogP contribution in [0.3, 0.4) is 0 Å². The van der Waals surface area contributed by atoms with E-state index in [0.29, 0.717) is 17.1 Å². The van der Waals surface area contributed by atoms with Crippen molar-refractivity contribution in [1.82, 2.24) is 15.1 Å². The largest absolute Gasteiger partial charge is 0.454 e. The molecule has 0 radical (unpaired) electrons. The van der Waals surface area contributed by atoms with Gasteiger partial charge in [0.05, 0.1) is 11.4 Å². The molecule has 31 heavy (non-hydrogen) atoms. The van der Waals surface area contributed by atoms with Crippen molar-refractivity contribution in [3.05, 3.63) is 82.9 Å². The fourth-order valence-corrected chi connectivity index (χ4v) is 4.33. The summed E-state index contributed by atoms with van der Waals surface area (Å²) in [4.78, 5) is 12.7. The number of rotatable bonds is 4. The molecule has 0 unspecified atom stereocenters. The van der Waals surface area contributed by atoms with E-state index in [-0.39, 0.29) is 30.5 Å².